The fourth-order valence-corrected chi connectivity index (χ4v) is 3.06. The van der Waals surface area contributed by atoms with Crippen LogP contribution in [0.3, 0.4) is 0 Å². The van der Waals surface area contributed by atoms with Crippen molar-refractivity contribution in [3.05, 3.63) is 24.2 Å². The van der Waals surface area contributed by atoms with E-state index >= 15 is 0 Å². The van der Waals surface area contributed by atoms with E-state index in [1.165, 1.54) is 4.90 Å². The van der Waals surface area contributed by atoms with Crippen molar-refractivity contribution in [2.75, 3.05) is 40.3 Å². The van der Waals surface area contributed by atoms with Gasteiger partial charge in [0.2, 0.25) is 11.8 Å². The van der Waals surface area contributed by atoms with E-state index in [2.05, 4.69) is 0 Å². The van der Waals surface area contributed by atoms with Gasteiger partial charge >= 0.3 is 5.97 Å². The number of esters is 1. The van der Waals surface area contributed by atoms with Crippen molar-refractivity contribution in [1.82, 2.24) is 14.7 Å². The Bertz CT molecular complexity index is 679. The summed E-state index contributed by atoms with van der Waals surface area (Å²) >= 11 is 0. The Morgan fingerprint density at radius 3 is 2.57 bits per heavy atom. The fraction of sp³-hybridized carbons (Fsp3) is 0.650. The Labute approximate surface area is 166 Å². The minimum Gasteiger partial charge on any atom is -0.467 e. The van der Waals surface area contributed by atoms with E-state index in [0.29, 0.717) is 31.9 Å². The van der Waals surface area contributed by atoms with Crippen LogP contribution >= 0.6 is 0 Å². The van der Waals surface area contributed by atoms with Gasteiger partial charge in [-0.05, 0) is 47.0 Å². The minimum atomic E-state index is -0.615. The van der Waals surface area contributed by atoms with E-state index < -0.39 is 17.5 Å². The minimum absolute atomic E-state index is 0.0837. The lowest BCUT2D eigenvalue weighted by atomic mass is 10.1. The van der Waals surface area contributed by atoms with Gasteiger partial charge in [-0.2, -0.15) is 0 Å². The number of hydrogen-bond acceptors (Lipinski definition) is 6. The van der Waals surface area contributed by atoms with Gasteiger partial charge in [-0.15, -0.1) is 0 Å². The molecule has 0 saturated carbocycles. The zero-order valence-electron chi connectivity index (χ0n) is 17.4. The zero-order valence-corrected chi connectivity index (χ0v) is 17.4. The van der Waals surface area contributed by atoms with Gasteiger partial charge in [-0.3, -0.25) is 14.4 Å². The predicted molar refractivity (Wildman–Crippen MR) is 103 cm³/mol. The second-order valence-corrected chi connectivity index (χ2v) is 8.40. The Morgan fingerprint density at radius 1 is 1.29 bits per heavy atom. The summed E-state index contributed by atoms with van der Waals surface area (Å²) < 4.78 is 10.7. The summed E-state index contributed by atoms with van der Waals surface area (Å²) in [7, 11) is 3.81. The highest BCUT2D eigenvalue weighted by molar-refractivity contribution is 5.90. The second kappa shape index (κ2) is 9.23. The highest BCUT2D eigenvalue weighted by Gasteiger charge is 2.37. The molecule has 0 spiro atoms. The van der Waals surface area contributed by atoms with Crippen molar-refractivity contribution in [1.29, 1.82) is 0 Å². The van der Waals surface area contributed by atoms with Gasteiger partial charge in [-0.1, -0.05) is 0 Å². The maximum atomic E-state index is 13.0. The maximum Gasteiger partial charge on any atom is 0.326 e. The number of nitrogens with zero attached hydrogens (tertiary/aromatic N) is 3. The third-order valence-electron chi connectivity index (χ3n) is 4.36. The van der Waals surface area contributed by atoms with Gasteiger partial charge in [-0.25, -0.2) is 0 Å². The molecule has 1 aliphatic heterocycles. The summed E-state index contributed by atoms with van der Waals surface area (Å²) in [4.78, 5) is 42.7. The third kappa shape index (κ3) is 6.67. The largest absolute Gasteiger partial charge is 0.467 e. The van der Waals surface area contributed by atoms with E-state index in [4.69, 9.17) is 9.15 Å². The van der Waals surface area contributed by atoms with Crippen molar-refractivity contribution < 1.29 is 23.5 Å². The SMILES string of the molecule is CN(C)CCN(CC(=O)OC(C)(C)C)C(=O)C1CC(=O)N(Cc2ccco2)C1. The molecule has 1 atom stereocenters. The molecule has 0 N–H and O–H groups in total. The van der Waals surface area contributed by atoms with Gasteiger partial charge in [0.15, 0.2) is 0 Å². The molecule has 1 fully saturated rings. The summed E-state index contributed by atoms with van der Waals surface area (Å²) in [6.07, 6.45) is 1.70. The lowest BCUT2D eigenvalue weighted by Crippen LogP contribution is -2.45. The molecule has 1 saturated heterocycles. The van der Waals surface area contributed by atoms with Crippen LogP contribution in [0, 0.1) is 5.92 Å². The van der Waals surface area contributed by atoms with Gasteiger partial charge in [0, 0.05) is 26.1 Å². The van der Waals surface area contributed by atoms with E-state index in [1.807, 2.05) is 19.0 Å². The van der Waals surface area contributed by atoms with Gasteiger partial charge in [0.05, 0.1) is 18.7 Å². The van der Waals surface area contributed by atoms with Crippen molar-refractivity contribution >= 4 is 17.8 Å². The monoisotopic (exact) mass is 393 g/mol. The average Bonchev–Trinajstić information content (AvgIpc) is 3.19. The second-order valence-electron chi connectivity index (χ2n) is 8.40. The molecule has 1 aromatic rings. The number of furan rings is 1. The first-order valence-electron chi connectivity index (χ1n) is 9.50. The van der Waals surface area contributed by atoms with Crippen LogP contribution in [0.15, 0.2) is 22.8 Å². The quantitative estimate of drug-likeness (QED) is 0.620. The van der Waals surface area contributed by atoms with E-state index in [1.54, 1.807) is 44.1 Å². The van der Waals surface area contributed by atoms with Crippen LogP contribution in [-0.4, -0.2) is 78.4 Å². The molecule has 8 heteroatoms. The highest BCUT2D eigenvalue weighted by Crippen LogP contribution is 2.22. The molecular weight excluding hydrogens is 362 g/mol. The molecular formula is C20H31N3O5. The summed E-state index contributed by atoms with van der Waals surface area (Å²) in [5.74, 6) is -0.509. The number of rotatable bonds is 8. The molecule has 1 aliphatic rings. The number of likely N-dealkylation sites (N-methyl/N-ethyl adjacent to an activating group) is 1. The Morgan fingerprint density at radius 2 is 2.00 bits per heavy atom. The molecule has 0 aliphatic carbocycles. The topological polar surface area (TPSA) is 83.3 Å². The maximum absolute atomic E-state index is 13.0. The Kier molecular flexibility index (Phi) is 7.23. The van der Waals surface area contributed by atoms with Crippen molar-refractivity contribution in [2.24, 2.45) is 5.92 Å². The first kappa shape index (κ1) is 21.9. The predicted octanol–water partition coefficient (Wildman–Crippen LogP) is 1.36. The zero-order chi connectivity index (χ0) is 20.9. The Balaban J connectivity index is 2.02. The van der Waals surface area contributed by atoms with Gasteiger partial charge < -0.3 is 23.9 Å². The fourth-order valence-electron chi connectivity index (χ4n) is 3.06. The van der Waals surface area contributed by atoms with Crippen LogP contribution in [0.25, 0.3) is 0 Å². The van der Waals surface area contributed by atoms with E-state index in [9.17, 15) is 14.4 Å². The van der Waals surface area contributed by atoms with Crippen molar-refractivity contribution in [2.45, 2.75) is 39.3 Å². The number of carbonyl (C=O) groups is 3. The molecule has 2 heterocycles. The Hall–Kier alpha value is -2.35. The molecule has 2 rings (SSSR count). The summed E-state index contributed by atoms with van der Waals surface area (Å²) in [6, 6.07) is 3.57. The van der Waals surface area contributed by atoms with Crippen LogP contribution < -0.4 is 0 Å². The van der Waals surface area contributed by atoms with Crippen molar-refractivity contribution in [3.8, 4) is 0 Å². The van der Waals surface area contributed by atoms with Gasteiger partial charge in [0.1, 0.15) is 17.9 Å². The van der Waals surface area contributed by atoms with Crippen LogP contribution in [0.1, 0.15) is 33.0 Å². The normalized spacial score (nSPS) is 17.3. The van der Waals surface area contributed by atoms with Crippen molar-refractivity contribution in [3.63, 3.8) is 0 Å². The van der Waals surface area contributed by atoms with E-state index in [-0.39, 0.29) is 24.8 Å². The average molecular weight is 393 g/mol. The van der Waals surface area contributed by atoms with Crippen LogP contribution in [-0.2, 0) is 25.7 Å². The number of amides is 2. The van der Waals surface area contributed by atoms with Gasteiger partial charge in [0.25, 0.3) is 0 Å². The molecule has 0 bridgehead atoms. The molecule has 1 aromatic heterocycles. The molecule has 2 amide bonds. The molecule has 8 nitrogen and oxygen atoms in total. The lowest BCUT2D eigenvalue weighted by Gasteiger charge is -2.28. The molecule has 0 aromatic carbocycles. The van der Waals surface area contributed by atoms with Crippen LogP contribution in [0.4, 0.5) is 0 Å². The number of hydrogen-bond donors (Lipinski definition) is 0. The number of ether oxygens (including phenoxy) is 1. The third-order valence-corrected chi connectivity index (χ3v) is 4.36. The summed E-state index contributed by atoms with van der Waals surface area (Å²) in [6.45, 7) is 6.94. The van der Waals surface area contributed by atoms with E-state index in [0.717, 1.165) is 0 Å². The first-order valence-corrected chi connectivity index (χ1v) is 9.50. The standard InChI is InChI=1S/C20H31N3O5/c1-20(2,3)28-18(25)14-22(9-8-21(4)5)19(26)15-11-17(24)23(12-15)13-16-7-6-10-27-16/h6-7,10,15H,8-9,11-14H2,1-5H3. The molecule has 1 unspecified atom stereocenters. The van der Waals surface area contributed by atoms with Crippen LogP contribution in [0.5, 0.6) is 0 Å². The molecule has 0 radical (unpaired) electrons. The van der Waals surface area contributed by atoms with Crippen LogP contribution in [0.2, 0.25) is 0 Å². The summed E-state index contributed by atoms with van der Waals surface area (Å²) in [5, 5.41) is 0. The smallest absolute Gasteiger partial charge is 0.326 e. The number of carbonyl (C=O) groups excluding carboxylic acids is 3. The highest BCUT2D eigenvalue weighted by atomic mass is 16.6. The first-order chi connectivity index (χ1) is 13.0. The lowest BCUT2D eigenvalue weighted by molar-refractivity contribution is -0.159. The molecule has 156 valence electrons. The molecule has 28 heavy (non-hydrogen) atoms. The number of likely N-dealkylation sites (tertiary alicyclic amines) is 1. The summed E-state index contributed by atoms with van der Waals surface area (Å²) in [5.41, 5.74) is -0.615.